The van der Waals surface area contributed by atoms with Gasteiger partial charge in [0.1, 0.15) is 0 Å². The Labute approximate surface area is 59.5 Å². The minimum absolute atomic E-state index is 0.524. The summed E-state index contributed by atoms with van der Waals surface area (Å²) in [6.07, 6.45) is 0. The van der Waals surface area contributed by atoms with Crippen LogP contribution in [0.3, 0.4) is 0 Å². The molecule has 1 aromatic heterocycles. The lowest BCUT2D eigenvalue weighted by atomic mass is 10.1. The number of hydrogen-bond donors (Lipinski definition) is 1. The molecule has 0 aliphatic heterocycles. The minimum atomic E-state index is 0.524. The molecule has 0 spiro atoms. The van der Waals surface area contributed by atoms with Gasteiger partial charge in [0.2, 0.25) is 0 Å². The van der Waals surface area contributed by atoms with Crippen LogP contribution in [0, 0.1) is 0 Å². The van der Waals surface area contributed by atoms with E-state index in [-0.39, 0.29) is 0 Å². The Morgan fingerprint density at radius 3 is 3.00 bits per heavy atom. The van der Waals surface area contributed by atoms with Crippen LogP contribution in [0.4, 0.5) is 0 Å². The van der Waals surface area contributed by atoms with E-state index in [9.17, 15) is 0 Å². The Kier molecular flexibility index (Phi) is 2.25. The molecule has 1 heterocycles. The lowest BCUT2D eigenvalue weighted by Crippen LogP contribution is -2.07. The molecule has 0 aromatic carbocycles. The monoisotopic (exact) mass is 141 g/mol. The van der Waals surface area contributed by atoms with Crippen LogP contribution in [0.5, 0.6) is 0 Å². The maximum absolute atomic E-state index is 5.47. The zero-order chi connectivity index (χ0) is 6.69. The Bertz CT molecular complexity index is 157. The zero-order valence-corrected chi connectivity index (χ0v) is 6.32. The van der Waals surface area contributed by atoms with Gasteiger partial charge in [0.25, 0.3) is 0 Å². The maximum Gasteiger partial charge on any atom is -0.00106 e. The predicted molar refractivity (Wildman–Crippen MR) is 41.8 cm³/mol. The van der Waals surface area contributed by atoms with Crippen molar-refractivity contribution in [2.75, 3.05) is 6.54 Å². The van der Waals surface area contributed by atoms with Crippen molar-refractivity contribution in [3.63, 3.8) is 0 Å². The van der Waals surface area contributed by atoms with Gasteiger partial charge < -0.3 is 5.73 Å². The summed E-state index contributed by atoms with van der Waals surface area (Å²) < 4.78 is 0. The summed E-state index contributed by atoms with van der Waals surface area (Å²) in [6.45, 7) is 2.89. The summed E-state index contributed by atoms with van der Waals surface area (Å²) >= 11 is 1.73. The van der Waals surface area contributed by atoms with E-state index in [1.54, 1.807) is 11.3 Å². The standard InChI is InChI=1S/C7H11NS/c1-6(4-8)7-2-3-9-5-7/h2-3,5-6H,4,8H2,1H3/t6-/m0/s1. The van der Waals surface area contributed by atoms with Gasteiger partial charge in [-0.05, 0) is 34.9 Å². The Hall–Kier alpha value is -0.340. The Morgan fingerprint density at radius 1 is 1.78 bits per heavy atom. The summed E-state index contributed by atoms with van der Waals surface area (Å²) in [4.78, 5) is 0. The normalized spacial score (nSPS) is 13.6. The summed E-state index contributed by atoms with van der Waals surface area (Å²) in [5, 5.41) is 4.24. The van der Waals surface area contributed by atoms with Crippen LogP contribution in [-0.2, 0) is 0 Å². The van der Waals surface area contributed by atoms with Crippen molar-refractivity contribution in [1.29, 1.82) is 0 Å². The lowest BCUT2D eigenvalue weighted by Gasteiger charge is -2.02. The number of rotatable bonds is 2. The molecule has 0 saturated carbocycles. The van der Waals surface area contributed by atoms with Crippen LogP contribution in [0.25, 0.3) is 0 Å². The number of nitrogens with two attached hydrogens (primary N) is 1. The molecule has 1 atom stereocenters. The van der Waals surface area contributed by atoms with Gasteiger partial charge in [-0.3, -0.25) is 0 Å². The molecule has 9 heavy (non-hydrogen) atoms. The van der Waals surface area contributed by atoms with E-state index < -0.39 is 0 Å². The predicted octanol–water partition coefficient (Wildman–Crippen LogP) is 1.81. The first-order valence-corrected chi connectivity index (χ1v) is 4.01. The first-order valence-electron chi connectivity index (χ1n) is 3.06. The largest absolute Gasteiger partial charge is 0.330 e. The molecule has 0 aliphatic rings. The fourth-order valence-corrected chi connectivity index (χ4v) is 1.47. The van der Waals surface area contributed by atoms with Gasteiger partial charge in [0.05, 0.1) is 0 Å². The molecule has 0 amide bonds. The molecule has 50 valence electrons. The van der Waals surface area contributed by atoms with E-state index in [1.165, 1.54) is 5.56 Å². The average molecular weight is 141 g/mol. The molecule has 0 fully saturated rings. The van der Waals surface area contributed by atoms with E-state index in [4.69, 9.17) is 5.73 Å². The summed E-state index contributed by atoms with van der Waals surface area (Å²) in [7, 11) is 0. The van der Waals surface area contributed by atoms with Crippen LogP contribution in [0.2, 0.25) is 0 Å². The highest BCUT2D eigenvalue weighted by atomic mass is 32.1. The van der Waals surface area contributed by atoms with Gasteiger partial charge in [0, 0.05) is 0 Å². The number of thiophene rings is 1. The molecule has 2 N–H and O–H groups in total. The quantitative estimate of drug-likeness (QED) is 0.668. The van der Waals surface area contributed by atoms with Crippen LogP contribution >= 0.6 is 11.3 Å². The third-order valence-corrected chi connectivity index (χ3v) is 2.17. The van der Waals surface area contributed by atoms with Gasteiger partial charge in [-0.25, -0.2) is 0 Å². The summed E-state index contributed by atoms with van der Waals surface area (Å²) in [6, 6.07) is 2.13. The second kappa shape index (κ2) is 2.99. The lowest BCUT2D eigenvalue weighted by molar-refractivity contribution is 0.778. The van der Waals surface area contributed by atoms with E-state index in [0.717, 1.165) is 6.54 Å². The average Bonchev–Trinajstić information content (AvgIpc) is 2.37. The zero-order valence-electron chi connectivity index (χ0n) is 5.50. The fourth-order valence-electron chi connectivity index (χ4n) is 0.691. The molecule has 0 unspecified atom stereocenters. The highest BCUT2D eigenvalue weighted by Crippen LogP contribution is 2.15. The van der Waals surface area contributed by atoms with E-state index in [2.05, 4.69) is 23.8 Å². The topological polar surface area (TPSA) is 26.0 Å². The first kappa shape index (κ1) is 6.78. The second-order valence-electron chi connectivity index (χ2n) is 2.19. The van der Waals surface area contributed by atoms with Gasteiger partial charge in [-0.2, -0.15) is 11.3 Å². The van der Waals surface area contributed by atoms with Crippen molar-refractivity contribution in [2.45, 2.75) is 12.8 Å². The van der Waals surface area contributed by atoms with Crippen molar-refractivity contribution in [2.24, 2.45) is 5.73 Å². The van der Waals surface area contributed by atoms with Crippen LogP contribution in [0.15, 0.2) is 16.8 Å². The van der Waals surface area contributed by atoms with Crippen molar-refractivity contribution < 1.29 is 0 Å². The molecule has 2 heteroatoms. The Balaban J connectivity index is 2.65. The maximum atomic E-state index is 5.47. The molecule has 1 aromatic rings. The SMILES string of the molecule is C[C@@H](CN)c1ccsc1. The fraction of sp³-hybridized carbons (Fsp3) is 0.429. The van der Waals surface area contributed by atoms with Crippen molar-refractivity contribution in [3.05, 3.63) is 22.4 Å². The molecular weight excluding hydrogens is 130 g/mol. The van der Waals surface area contributed by atoms with E-state index >= 15 is 0 Å². The highest BCUT2D eigenvalue weighted by Gasteiger charge is 2.00. The van der Waals surface area contributed by atoms with Gasteiger partial charge in [-0.15, -0.1) is 0 Å². The third kappa shape index (κ3) is 1.53. The highest BCUT2D eigenvalue weighted by molar-refractivity contribution is 7.07. The third-order valence-electron chi connectivity index (χ3n) is 1.47. The van der Waals surface area contributed by atoms with Crippen LogP contribution < -0.4 is 5.73 Å². The first-order chi connectivity index (χ1) is 4.34. The molecule has 0 aliphatic carbocycles. The number of hydrogen-bond acceptors (Lipinski definition) is 2. The second-order valence-corrected chi connectivity index (χ2v) is 2.97. The molecule has 1 nitrogen and oxygen atoms in total. The summed E-state index contributed by atoms with van der Waals surface area (Å²) in [5.74, 6) is 0.524. The summed E-state index contributed by atoms with van der Waals surface area (Å²) in [5.41, 5.74) is 6.83. The van der Waals surface area contributed by atoms with E-state index in [1.807, 2.05) is 0 Å². The smallest absolute Gasteiger partial charge is 0.00106 e. The van der Waals surface area contributed by atoms with Crippen LogP contribution in [0.1, 0.15) is 18.4 Å². The van der Waals surface area contributed by atoms with Crippen molar-refractivity contribution >= 4 is 11.3 Å². The van der Waals surface area contributed by atoms with Gasteiger partial charge in [0.15, 0.2) is 0 Å². The molecular formula is C7H11NS. The molecule has 0 bridgehead atoms. The Morgan fingerprint density at radius 2 is 2.56 bits per heavy atom. The molecule has 0 saturated heterocycles. The van der Waals surface area contributed by atoms with Gasteiger partial charge >= 0.3 is 0 Å². The minimum Gasteiger partial charge on any atom is -0.330 e. The van der Waals surface area contributed by atoms with Crippen LogP contribution in [-0.4, -0.2) is 6.54 Å². The van der Waals surface area contributed by atoms with Crippen molar-refractivity contribution in [3.8, 4) is 0 Å². The van der Waals surface area contributed by atoms with E-state index in [0.29, 0.717) is 5.92 Å². The van der Waals surface area contributed by atoms with Crippen molar-refractivity contribution in [1.82, 2.24) is 0 Å². The molecule has 0 radical (unpaired) electrons. The molecule has 1 rings (SSSR count). The van der Waals surface area contributed by atoms with Gasteiger partial charge in [-0.1, -0.05) is 6.92 Å².